The van der Waals surface area contributed by atoms with Crippen LogP contribution in [0.4, 0.5) is 0 Å². The van der Waals surface area contributed by atoms with E-state index in [0.29, 0.717) is 13.1 Å². The summed E-state index contributed by atoms with van der Waals surface area (Å²) in [6, 6.07) is 0. The predicted octanol–water partition coefficient (Wildman–Crippen LogP) is -1.23. The Balaban J connectivity index is 2.72. The van der Waals surface area contributed by atoms with Crippen LogP contribution in [0.1, 0.15) is 6.92 Å². The van der Waals surface area contributed by atoms with Gasteiger partial charge in [0.25, 0.3) is 0 Å². The number of nitrogens with zero attached hydrogens (tertiary/aromatic N) is 1. The van der Waals surface area contributed by atoms with Crippen molar-refractivity contribution in [1.82, 2.24) is 9.62 Å². The van der Waals surface area contributed by atoms with Crippen LogP contribution in [0.3, 0.4) is 0 Å². The number of hydrogen-bond acceptors (Lipinski definition) is 3. The third-order valence-corrected chi connectivity index (χ3v) is 3.11. The van der Waals surface area contributed by atoms with Crippen molar-refractivity contribution in [3.8, 4) is 0 Å². The fraction of sp³-hybridized carbons (Fsp3) is 0.833. The molecule has 0 atom stereocenters. The van der Waals surface area contributed by atoms with Crippen molar-refractivity contribution < 1.29 is 13.2 Å². The first-order chi connectivity index (χ1) is 5.55. The van der Waals surface area contributed by atoms with E-state index >= 15 is 0 Å². The number of amides is 1. The topological polar surface area (TPSA) is 66.5 Å². The van der Waals surface area contributed by atoms with E-state index < -0.39 is 10.0 Å². The molecule has 0 bridgehead atoms. The fourth-order valence-electron chi connectivity index (χ4n) is 1.05. The first kappa shape index (κ1) is 9.47. The summed E-state index contributed by atoms with van der Waals surface area (Å²) in [5, 5.41) is 0. The molecule has 0 unspecified atom stereocenters. The minimum atomic E-state index is -3.21. The molecule has 0 aromatic heterocycles. The van der Waals surface area contributed by atoms with Crippen LogP contribution >= 0.6 is 0 Å². The van der Waals surface area contributed by atoms with Crippen LogP contribution in [-0.2, 0) is 14.8 Å². The third kappa shape index (κ3) is 2.18. The number of likely N-dealkylation sites (N-methyl/N-ethyl adjacent to an activating group) is 1. The molecule has 1 aliphatic heterocycles. The number of nitrogens with one attached hydrogen (secondary N) is 1. The van der Waals surface area contributed by atoms with Gasteiger partial charge in [0.1, 0.15) is 0 Å². The lowest BCUT2D eigenvalue weighted by molar-refractivity contribution is -0.129. The highest BCUT2D eigenvalue weighted by Gasteiger charge is 2.22. The minimum Gasteiger partial charge on any atom is -0.341 e. The monoisotopic (exact) mass is 192 g/mol. The van der Waals surface area contributed by atoms with Gasteiger partial charge in [-0.3, -0.25) is 4.79 Å². The molecule has 0 aromatic carbocycles. The molecule has 1 N–H and O–H groups in total. The number of sulfonamides is 1. The van der Waals surface area contributed by atoms with Crippen LogP contribution in [0.5, 0.6) is 0 Å². The number of rotatable bonds is 1. The van der Waals surface area contributed by atoms with Crippen molar-refractivity contribution in [1.29, 1.82) is 0 Å². The highest BCUT2D eigenvalue weighted by molar-refractivity contribution is 7.89. The zero-order valence-electron chi connectivity index (χ0n) is 6.91. The quantitative estimate of drug-likeness (QED) is 0.565. The number of hydrogen-bond donors (Lipinski definition) is 1. The van der Waals surface area contributed by atoms with Crippen LogP contribution in [0.2, 0.25) is 0 Å². The van der Waals surface area contributed by atoms with Gasteiger partial charge in [-0.1, -0.05) is 0 Å². The van der Waals surface area contributed by atoms with Gasteiger partial charge in [-0.15, -0.1) is 0 Å². The van der Waals surface area contributed by atoms with E-state index in [9.17, 15) is 13.2 Å². The highest BCUT2D eigenvalue weighted by Crippen LogP contribution is 1.97. The van der Waals surface area contributed by atoms with Crippen LogP contribution in [0.15, 0.2) is 0 Å². The largest absolute Gasteiger partial charge is 0.341 e. The lowest BCUT2D eigenvalue weighted by Gasteiger charge is -2.15. The van der Waals surface area contributed by atoms with E-state index in [4.69, 9.17) is 0 Å². The SMILES string of the molecule is CCN1CCS(=O)(=O)NCC1=O. The summed E-state index contributed by atoms with van der Waals surface area (Å²) in [5.41, 5.74) is 0. The second-order valence-electron chi connectivity index (χ2n) is 2.61. The molecule has 0 aromatic rings. The molecule has 1 amide bonds. The van der Waals surface area contributed by atoms with Crippen LogP contribution < -0.4 is 4.72 Å². The smallest absolute Gasteiger partial charge is 0.237 e. The van der Waals surface area contributed by atoms with Gasteiger partial charge < -0.3 is 4.90 Å². The molecule has 70 valence electrons. The van der Waals surface area contributed by atoms with Crippen molar-refractivity contribution >= 4 is 15.9 Å². The maximum absolute atomic E-state index is 11.1. The van der Waals surface area contributed by atoms with Gasteiger partial charge >= 0.3 is 0 Å². The molecule has 12 heavy (non-hydrogen) atoms. The molecular weight excluding hydrogens is 180 g/mol. The van der Waals surface area contributed by atoms with Gasteiger partial charge in [-0.25, -0.2) is 13.1 Å². The van der Waals surface area contributed by atoms with Crippen molar-refractivity contribution in [2.45, 2.75) is 6.92 Å². The summed E-state index contributed by atoms with van der Waals surface area (Å²) in [7, 11) is -3.21. The Kier molecular flexibility index (Phi) is 2.69. The molecule has 0 radical (unpaired) electrons. The van der Waals surface area contributed by atoms with Crippen molar-refractivity contribution in [2.75, 3.05) is 25.4 Å². The maximum atomic E-state index is 11.1. The maximum Gasteiger partial charge on any atom is 0.237 e. The van der Waals surface area contributed by atoms with E-state index in [-0.39, 0.29) is 18.2 Å². The van der Waals surface area contributed by atoms with E-state index in [0.717, 1.165) is 0 Å². The predicted molar refractivity (Wildman–Crippen MR) is 44.0 cm³/mol. The average molecular weight is 192 g/mol. The molecule has 1 aliphatic rings. The lowest BCUT2D eigenvalue weighted by atomic mass is 10.4. The standard InChI is InChI=1S/C6H12N2O3S/c1-2-8-3-4-12(10,11)7-5-6(8)9/h7H,2-5H2,1H3. The van der Waals surface area contributed by atoms with E-state index in [1.807, 2.05) is 6.92 Å². The highest BCUT2D eigenvalue weighted by atomic mass is 32.2. The van der Waals surface area contributed by atoms with E-state index in [1.165, 1.54) is 4.90 Å². The Morgan fingerprint density at radius 1 is 1.58 bits per heavy atom. The lowest BCUT2D eigenvalue weighted by Crippen LogP contribution is -2.34. The normalized spacial score (nSPS) is 23.8. The molecule has 0 aliphatic carbocycles. The summed E-state index contributed by atoms with van der Waals surface area (Å²) in [5.74, 6) is -0.148. The molecule has 1 fully saturated rings. The summed E-state index contributed by atoms with van der Waals surface area (Å²) < 4.78 is 24.2. The third-order valence-electron chi connectivity index (χ3n) is 1.81. The summed E-state index contributed by atoms with van der Waals surface area (Å²) in [6.07, 6.45) is 0. The molecule has 1 rings (SSSR count). The van der Waals surface area contributed by atoms with E-state index in [1.54, 1.807) is 0 Å². The first-order valence-corrected chi connectivity index (χ1v) is 5.45. The Morgan fingerprint density at radius 2 is 2.25 bits per heavy atom. The minimum absolute atomic E-state index is 0.00653. The van der Waals surface area contributed by atoms with Crippen molar-refractivity contribution in [3.05, 3.63) is 0 Å². The molecule has 1 saturated heterocycles. The average Bonchev–Trinajstić information content (AvgIpc) is 2.13. The van der Waals surface area contributed by atoms with Gasteiger partial charge in [0, 0.05) is 13.1 Å². The summed E-state index contributed by atoms with van der Waals surface area (Å²) in [6.45, 7) is 2.59. The Morgan fingerprint density at radius 3 is 2.83 bits per heavy atom. The Labute approximate surface area is 71.8 Å². The first-order valence-electron chi connectivity index (χ1n) is 3.80. The molecule has 5 nitrogen and oxygen atoms in total. The zero-order valence-corrected chi connectivity index (χ0v) is 7.73. The van der Waals surface area contributed by atoms with Crippen LogP contribution in [0, 0.1) is 0 Å². The van der Waals surface area contributed by atoms with Crippen molar-refractivity contribution in [2.24, 2.45) is 0 Å². The van der Waals surface area contributed by atoms with E-state index in [2.05, 4.69) is 4.72 Å². The van der Waals surface area contributed by atoms with Gasteiger partial charge in [0.05, 0.1) is 12.3 Å². The van der Waals surface area contributed by atoms with Gasteiger partial charge in [-0.2, -0.15) is 0 Å². The molecule has 0 spiro atoms. The van der Waals surface area contributed by atoms with Crippen molar-refractivity contribution in [3.63, 3.8) is 0 Å². The molecule has 0 saturated carbocycles. The Hall–Kier alpha value is -0.620. The van der Waals surface area contributed by atoms with Gasteiger partial charge in [0.2, 0.25) is 15.9 Å². The summed E-state index contributed by atoms with van der Waals surface area (Å²) in [4.78, 5) is 12.7. The number of carbonyl (C=O) groups is 1. The van der Waals surface area contributed by atoms with Crippen LogP contribution in [-0.4, -0.2) is 44.6 Å². The molecule has 1 heterocycles. The van der Waals surface area contributed by atoms with Crippen LogP contribution in [0.25, 0.3) is 0 Å². The molecular formula is C6H12N2O3S. The summed E-state index contributed by atoms with van der Waals surface area (Å²) >= 11 is 0. The number of carbonyl (C=O) groups excluding carboxylic acids is 1. The molecule has 6 heteroatoms. The zero-order chi connectivity index (χ0) is 9.19. The second-order valence-corrected chi connectivity index (χ2v) is 4.54. The van der Waals surface area contributed by atoms with Gasteiger partial charge in [-0.05, 0) is 6.92 Å². The van der Waals surface area contributed by atoms with Gasteiger partial charge in [0.15, 0.2) is 0 Å². The Bertz CT molecular complexity index is 273. The second kappa shape index (κ2) is 3.40. The fourth-order valence-corrected chi connectivity index (χ4v) is 1.99.